The molecule has 2 aromatic rings. The summed E-state index contributed by atoms with van der Waals surface area (Å²) in [6.45, 7) is 2.99. The van der Waals surface area contributed by atoms with Crippen molar-refractivity contribution in [1.82, 2.24) is 5.32 Å². The van der Waals surface area contributed by atoms with Gasteiger partial charge in [0.1, 0.15) is 5.75 Å². The summed E-state index contributed by atoms with van der Waals surface area (Å²) in [7, 11) is 0. The van der Waals surface area contributed by atoms with Crippen molar-refractivity contribution in [3.05, 3.63) is 59.7 Å². The summed E-state index contributed by atoms with van der Waals surface area (Å²) >= 11 is 0. The van der Waals surface area contributed by atoms with E-state index in [1.807, 2.05) is 36.4 Å². The third kappa shape index (κ3) is 4.40. The predicted molar refractivity (Wildman–Crippen MR) is 79.4 cm³/mol. The fourth-order valence-corrected chi connectivity index (χ4v) is 1.87. The molecule has 0 atom stereocenters. The lowest BCUT2D eigenvalue weighted by Gasteiger charge is -2.07. The normalized spacial score (nSPS) is 10.2. The molecular weight excluding hydrogens is 252 g/mol. The summed E-state index contributed by atoms with van der Waals surface area (Å²) in [5.74, 6) is 0.213. The van der Waals surface area contributed by atoms with Gasteiger partial charge in [0, 0.05) is 25.7 Å². The highest BCUT2D eigenvalue weighted by Crippen LogP contribution is 2.11. The summed E-state index contributed by atoms with van der Waals surface area (Å²) < 4.78 is 0. The number of phenolic OH excluding ortho intramolecular Hbond substituents is 1. The third-order valence-electron chi connectivity index (χ3n) is 2.87. The molecule has 104 valence electrons. The third-order valence-corrected chi connectivity index (χ3v) is 2.87. The topological polar surface area (TPSA) is 61.4 Å². The van der Waals surface area contributed by atoms with Crippen LogP contribution in [0.2, 0.25) is 0 Å². The Bertz CT molecular complexity index is 562. The van der Waals surface area contributed by atoms with Crippen LogP contribution in [0.1, 0.15) is 18.1 Å². The lowest BCUT2D eigenvalue weighted by atomic mass is 10.2. The Morgan fingerprint density at radius 3 is 1.95 bits per heavy atom. The van der Waals surface area contributed by atoms with E-state index >= 15 is 0 Å². The molecule has 0 aliphatic heterocycles. The molecule has 0 fully saturated rings. The van der Waals surface area contributed by atoms with Crippen molar-refractivity contribution in [3.63, 3.8) is 0 Å². The van der Waals surface area contributed by atoms with Crippen LogP contribution in [-0.2, 0) is 17.9 Å². The Labute approximate surface area is 118 Å². The van der Waals surface area contributed by atoms with Crippen molar-refractivity contribution in [2.24, 2.45) is 0 Å². The van der Waals surface area contributed by atoms with Crippen LogP contribution in [0.4, 0.5) is 5.69 Å². The first-order valence-corrected chi connectivity index (χ1v) is 6.48. The van der Waals surface area contributed by atoms with Gasteiger partial charge in [-0.1, -0.05) is 24.3 Å². The molecular formula is C16H18N2O2. The number of anilines is 1. The Balaban J connectivity index is 1.82. The van der Waals surface area contributed by atoms with E-state index in [0.717, 1.165) is 29.9 Å². The molecule has 0 unspecified atom stereocenters. The number of phenols is 1. The molecule has 0 aromatic heterocycles. The number of carbonyl (C=O) groups is 1. The molecule has 0 aliphatic carbocycles. The molecule has 2 rings (SSSR count). The smallest absolute Gasteiger partial charge is 0.221 e. The van der Waals surface area contributed by atoms with Crippen molar-refractivity contribution >= 4 is 11.6 Å². The standard InChI is InChI=1S/C16H18N2O2/c1-12(19)18-15-6-2-13(3-7-15)10-17-11-14-4-8-16(20)9-5-14/h2-9,17,20H,10-11H2,1H3,(H,18,19). The molecule has 0 spiro atoms. The number of rotatable bonds is 5. The second kappa shape index (κ2) is 6.73. The van der Waals surface area contributed by atoms with Crippen LogP contribution in [0.5, 0.6) is 5.75 Å². The average molecular weight is 270 g/mol. The van der Waals surface area contributed by atoms with E-state index in [-0.39, 0.29) is 11.7 Å². The van der Waals surface area contributed by atoms with E-state index in [9.17, 15) is 9.90 Å². The van der Waals surface area contributed by atoms with Crippen LogP contribution in [0.3, 0.4) is 0 Å². The molecule has 2 aromatic carbocycles. The molecule has 0 saturated heterocycles. The van der Waals surface area contributed by atoms with Crippen LogP contribution in [0.25, 0.3) is 0 Å². The molecule has 0 saturated carbocycles. The molecule has 4 heteroatoms. The molecule has 3 N–H and O–H groups in total. The van der Waals surface area contributed by atoms with Gasteiger partial charge in [0.25, 0.3) is 0 Å². The van der Waals surface area contributed by atoms with Crippen LogP contribution >= 0.6 is 0 Å². The summed E-state index contributed by atoms with van der Waals surface area (Å²) in [4.78, 5) is 10.9. The van der Waals surface area contributed by atoms with Crippen molar-refractivity contribution in [1.29, 1.82) is 0 Å². The molecule has 1 amide bonds. The second-order valence-corrected chi connectivity index (χ2v) is 4.65. The van der Waals surface area contributed by atoms with E-state index in [1.54, 1.807) is 12.1 Å². The molecule has 0 bridgehead atoms. The lowest BCUT2D eigenvalue weighted by Crippen LogP contribution is -2.12. The van der Waals surface area contributed by atoms with Gasteiger partial charge in [-0.3, -0.25) is 4.79 Å². The number of benzene rings is 2. The van der Waals surface area contributed by atoms with E-state index in [1.165, 1.54) is 6.92 Å². The first-order valence-electron chi connectivity index (χ1n) is 6.48. The van der Waals surface area contributed by atoms with Crippen molar-refractivity contribution in [3.8, 4) is 5.75 Å². The zero-order valence-electron chi connectivity index (χ0n) is 11.4. The van der Waals surface area contributed by atoms with E-state index in [4.69, 9.17) is 0 Å². The van der Waals surface area contributed by atoms with Crippen molar-refractivity contribution in [2.45, 2.75) is 20.0 Å². The summed E-state index contributed by atoms with van der Waals surface area (Å²) in [5.41, 5.74) is 3.08. The number of hydrogen-bond donors (Lipinski definition) is 3. The highest BCUT2D eigenvalue weighted by atomic mass is 16.3. The number of amides is 1. The van der Waals surface area contributed by atoms with Crippen LogP contribution in [0, 0.1) is 0 Å². The zero-order chi connectivity index (χ0) is 14.4. The largest absolute Gasteiger partial charge is 0.508 e. The maximum atomic E-state index is 10.9. The van der Waals surface area contributed by atoms with Gasteiger partial charge in [-0.15, -0.1) is 0 Å². The molecule has 0 aliphatic rings. The monoisotopic (exact) mass is 270 g/mol. The quantitative estimate of drug-likeness (QED) is 0.782. The van der Waals surface area contributed by atoms with Gasteiger partial charge >= 0.3 is 0 Å². The first kappa shape index (κ1) is 14.1. The Morgan fingerprint density at radius 1 is 0.950 bits per heavy atom. The number of nitrogens with one attached hydrogen (secondary N) is 2. The highest BCUT2D eigenvalue weighted by molar-refractivity contribution is 5.88. The maximum absolute atomic E-state index is 10.9. The van der Waals surface area contributed by atoms with E-state index in [2.05, 4.69) is 10.6 Å². The van der Waals surface area contributed by atoms with Gasteiger partial charge in [-0.2, -0.15) is 0 Å². The summed E-state index contributed by atoms with van der Waals surface area (Å²) in [5, 5.41) is 15.3. The maximum Gasteiger partial charge on any atom is 0.221 e. The number of carbonyl (C=O) groups excluding carboxylic acids is 1. The minimum Gasteiger partial charge on any atom is -0.508 e. The Hall–Kier alpha value is -2.33. The van der Waals surface area contributed by atoms with Gasteiger partial charge in [0.05, 0.1) is 0 Å². The Morgan fingerprint density at radius 2 is 1.45 bits per heavy atom. The van der Waals surface area contributed by atoms with Gasteiger partial charge in [-0.05, 0) is 35.4 Å². The van der Waals surface area contributed by atoms with Gasteiger partial charge in [-0.25, -0.2) is 0 Å². The lowest BCUT2D eigenvalue weighted by molar-refractivity contribution is -0.114. The highest BCUT2D eigenvalue weighted by Gasteiger charge is 1.97. The van der Waals surface area contributed by atoms with E-state index in [0.29, 0.717) is 0 Å². The zero-order valence-corrected chi connectivity index (χ0v) is 11.4. The first-order chi connectivity index (χ1) is 9.63. The van der Waals surface area contributed by atoms with Gasteiger partial charge in [0.2, 0.25) is 5.91 Å². The van der Waals surface area contributed by atoms with Gasteiger partial charge < -0.3 is 15.7 Å². The fourth-order valence-electron chi connectivity index (χ4n) is 1.87. The number of aromatic hydroxyl groups is 1. The van der Waals surface area contributed by atoms with Crippen molar-refractivity contribution in [2.75, 3.05) is 5.32 Å². The molecule has 4 nitrogen and oxygen atoms in total. The second-order valence-electron chi connectivity index (χ2n) is 4.65. The minimum absolute atomic E-state index is 0.0665. The molecule has 0 heterocycles. The SMILES string of the molecule is CC(=O)Nc1ccc(CNCc2ccc(O)cc2)cc1. The Kier molecular flexibility index (Phi) is 4.74. The van der Waals surface area contributed by atoms with Crippen molar-refractivity contribution < 1.29 is 9.90 Å². The van der Waals surface area contributed by atoms with Gasteiger partial charge in [0.15, 0.2) is 0 Å². The minimum atomic E-state index is -0.0665. The summed E-state index contributed by atoms with van der Waals surface area (Å²) in [6, 6.07) is 14.9. The average Bonchev–Trinajstić information content (AvgIpc) is 2.42. The van der Waals surface area contributed by atoms with Crippen LogP contribution in [-0.4, -0.2) is 11.0 Å². The van der Waals surface area contributed by atoms with Crippen LogP contribution < -0.4 is 10.6 Å². The number of hydrogen-bond acceptors (Lipinski definition) is 3. The predicted octanol–water partition coefficient (Wildman–Crippen LogP) is 2.64. The van der Waals surface area contributed by atoms with Crippen LogP contribution in [0.15, 0.2) is 48.5 Å². The molecule has 0 radical (unpaired) electrons. The fraction of sp³-hybridized carbons (Fsp3) is 0.188. The van der Waals surface area contributed by atoms with E-state index < -0.39 is 0 Å². The molecule has 20 heavy (non-hydrogen) atoms. The summed E-state index contributed by atoms with van der Waals surface area (Å²) in [6.07, 6.45) is 0.